The van der Waals surface area contributed by atoms with E-state index < -0.39 is 0 Å². The molecule has 0 aliphatic carbocycles. The maximum absolute atomic E-state index is 5.81. The third-order valence-corrected chi connectivity index (χ3v) is 1.69. The highest BCUT2D eigenvalue weighted by atomic mass is 35.5. The van der Waals surface area contributed by atoms with Gasteiger partial charge >= 0.3 is 0 Å². The number of hydrogen-bond donors (Lipinski definition) is 0. The van der Waals surface area contributed by atoms with Crippen molar-refractivity contribution in [3.05, 3.63) is 0 Å². The molecule has 0 amide bonds. The van der Waals surface area contributed by atoms with E-state index >= 15 is 0 Å². The van der Waals surface area contributed by atoms with E-state index in [1.807, 2.05) is 0 Å². The zero-order valence-electron chi connectivity index (χ0n) is 6.65. The van der Waals surface area contributed by atoms with Gasteiger partial charge in [0.2, 0.25) is 0 Å². The van der Waals surface area contributed by atoms with E-state index in [1.165, 1.54) is 12.8 Å². The van der Waals surface area contributed by atoms with Crippen molar-refractivity contribution in [2.45, 2.75) is 45.4 Å². The number of halogens is 1. The standard InChI is InChI=1S/C8H17Cl/c1-4-5-7(2)6-8(3)9/h7-8H,4-6H2,1-3H3/t7-,8?/m0/s1. The van der Waals surface area contributed by atoms with E-state index in [-0.39, 0.29) is 0 Å². The fourth-order valence-electron chi connectivity index (χ4n) is 1.17. The van der Waals surface area contributed by atoms with Gasteiger partial charge in [-0.05, 0) is 19.3 Å². The van der Waals surface area contributed by atoms with Crippen molar-refractivity contribution in [2.75, 3.05) is 0 Å². The van der Waals surface area contributed by atoms with Crippen molar-refractivity contribution in [3.63, 3.8) is 0 Å². The SMILES string of the molecule is CCC[C@H](C)CC(C)Cl. The summed E-state index contributed by atoms with van der Waals surface area (Å²) in [4.78, 5) is 0. The molecule has 0 fully saturated rings. The molecule has 0 rings (SSSR count). The molecule has 0 radical (unpaired) electrons. The van der Waals surface area contributed by atoms with E-state index in [9.17, 15) is 0 Å². The van der Waals surface area contributed by atoms with Gasteiger partial charge in [0.15, 0.2) is 0 Å². The third kappa shape index (κ3) is 6.17. The summed E-state index contributed by atoms with van der Waals surface area (Å²) in [6.07, 6.45) is 3.76. The lowest BCUT2D eigenvalue weighted by Gasteiger charge is -2.10. The van der Waals surface area contributed by atoms with Crippen molar-refractivity contribution < 1.29 is 0 Å². The fraction of sp³-hybridized carbons (Fsp3) is 1.00. The van der Waals surface area contributed by atoms with E-state index in [2.05, 4.69) is 20.8 Å². The lowest BCUT2D eigenvalue weighted by Crippen LogP contribution is -2.00. The molecule has 0 aliphatic rings. The summed E-state index contributed by atoms with van der Waals surface area (Å²) >= 11 is 5.81. The predicted octanol–water partition coefficient (Wildman–Crippen LogP) is 3.44. The Morgan fingerprint density at radius 3 is 2.22 bits per heavy atom. The number of hydrogen-bond acceptors (Lipinski definition) is 0. The minimum absolute atomic E-state index is 0.353. The molecule has 1 unspecified atom stereocenters. The molecule has 0 saturated carbocycles. The first kappa shape index (κ1) is 9.29. The number of alkyl halides is 1. The van der Waals surface area contributed by atoms with Crippen molar-refractivity contribution in [3.8, 4) is 0 Å². The van der Waals surface area contributed by atoms with E-state index in [0.717, 1.165) is 12.3 Å². The van der Waals surface area contributed by atoms with Gasteiger partial charge in [0, 0.05) is 5.38 Å². The maximum atomic E-state index is 5.81. The van der Waals surface area contributed by atoms with Crippen LogP contribution in [0.25, 0.3) is 0 Å². The molecule has 0 N–H and O–H groups in total. The molecule has 0 bridgehead atoms. The molecule has 0 aliphatic heterocycles. The molecule has 2 atom stereocenters. The fourth-order valence-corrected chi connectivity index (χ4v) is 1.47. The summed E-state index contributed by atoms with van der Waals surface area (Å²) in [6.45, 7) is 6.55. The third-order valence-electron chi connectivity index (χ3n) is 1.51. The van der Waals surface area contributed by atoms with Crippen LogP contribution in [-0.4, -0.2) is 5.38 Å². The van der Waals surface area contributed by atoms with E-state index in [0.29, 0.717) is 5.38 Å². The van der Waals surface area contributed by atoms with Gasteiger partial charge in [-0.15, -0.1) is 11.6 Å². The van der Waals surface area contributed by atoms with Gasteiger partial charge in [-0.25, -0.2) is 0 Å². The van der Waals surface area contributed by atoms with Gasteiger partial charge in [-0.1, -0.05) is 26.7 Å². The van der Waals surface area contributed by atoms with Crippen LogP contribution < -0.4 is 0 Å². The molecule has 0 nitrogen and oxygen atoms in total. The summed E-state index contributed by atoms with van der Waals surface area (Å²) < 4.78 is 0. The number of rotatable bonds is 4. The summed E-state index contributed by atoms with van der Waals surface area (Å²) in [7, 11) is 0. The Bertz CT molecular complexity index is 59.6. The Kier molecular flexibility index (Phi) is 5.27. The second-order valence-electron chi connectivity index (χ2n) is 2.91. The summed E-state index contributed by atoms with van der Waals surface area (Å²) in [5, 5.41) is 0.353. The first-order valence-corrected chi connectivity index (χ1v) is 4.24. The normalized spacial score (nSPS) is 17.3. The average Bonchev–Trinajstić information content (AvgIpc) is 1.63. The van der Waals surface area contributed by atoms with Crippen LogP contribution in [0.5, 0.6) is 0 Å². The molecule has 0 aromatic rings. The van der Waals surface area contributed by atoms with Crippen LogP contribution in [0.4, 0.5) is 0 Å². The smallest absolute Gasteiger partial charge is 0.0310 e. The average molecular weight is 149 g/mol. The quantitative estimate of drug-likeness (QED) is 0.536. The van der Waals surface area contributed by atoms with Gasteiger partial charge in [0.05, 0.1) is 0 Å². The Hall–Kier alpha value is 0.290. The molecule has 0 saturated heterocycles. The van der Waals surface area contributed by atoms with Gasteiger partial charge in [-0.2, -0.15) is 0 Å². The van der Waals surface area contributed by atoms with E-state index in [4.69, 9.17) is 11.6 Å². The maximum Gasteiger partial charge on any atom is 0.0310 e. The minimum atomic E-state index is 0.353. The van der Waals surface area contributed by atoms with Crippen LogP contribution in [0.15, 0.2) is 0 Å². The highest BCUT2D eigenvalue weighted by Gasteiger charge is 2.03. The molecular formula is C8H17Cl. The van der Waals surface area contributed by atoms with E-state index in [1.54, 1.807) is 0 Å². The minimum Gasteiger partial charge on any atom is -0.123 e. The molecule has 0 heterocycles. The summed E-state index contributed by atoms with van der Waals surface area (Å²) in [5.74, 6) is 0.808. The monoisotopic (exact) mass is 148 g/mol. The zero-order chi connectivity index (χ0) is 7.28. The van der Waals surface area contributed by atoms with Crippen LogP contribution in [0.2, 0.25) is 0 Å². The van der Waals surface area contributed by atoms with Gasteiger partial charge in [0.1, 0.15) is 0 Å². The van der Waals surface area contributed by atoms with Gasteiger partial charge in [0.25, 0.3) is 0 Å². The van der Waals surface area contributed by atoms with Gasteiger partial charge < -0.3 is 0 Å². The molecule has 0 aromatic carbocycles. The Morgan fingerprint density at radius 2 is 1.89 bits per heavy atom. The van der Waals surface area contributed by atoms with Crippen LogP contribution in [-0.2, 0) is 0 Å². The topological polar surface area (TPSA) is 0 Å². The lowest BCUT2D eigenvalue weighted by molar-refractivity contribution is 0.484. The lowest BCUT2D eigenvalue weighted by atomic mass is 10.0. The second kappa shape index (κ2) is 5.10. The first-order chi connectivity index (χ1) is 4.16. The van der Waals surface area contributed by atoms with Crippen molar-refractivity contribution in [1.29, 1.82) is 0 Å². The highest BCUT2D eigenvalue weighted by Crippen LogP contribution is 2.14. The molecule has 56 valence electrons. The first-order valence-electron chi connectivity index (χ1n) is 3.80. The molecule has 1 heteroatoms. The molecule has 0 spiro atoms. The highest BCUT2D eigenvalue weighted by molar-refractivity contribution is 6.20. The largest absolute Gasteiger partial charge is 0.123 e. The van der Waals surface area contributed by atoms with Crippen LogP contribution in [0.1, 0.15) is 40.0 Å². The second-order valence-corrected chi connectivity index (χ2v) is 3.66. The zero-order valence-corrected chi connectivity index (χ0v) is 7.41. The van der Waals surface area contributed by atoms with Crippen LogP contribution in [0.3, 0.4) is 0 Å². The van der Waals surface area contributed by atoms with Crippen LogP contribution in [0, 0.1) is 5.92 Å². The van der Waals surface area contributed by atoms with Crippen molar-refractivity contribution in [1.82, 2.24) is 0 Å². The molecule has 9 heavy (non-hydrogen) atoms. The predicted molar refractivity (Wildman–Crippen MR) is 44.0 cm³/mol. The van der Waals surface area contributed by atoms with Crippen molar-refractivity contribution in [2.24, 2.45) is 5.92 Å². The Labute approximate surface area is 63.6 Å². The molecule has 0 aromatic heterocycles. The van der Waals surface area contributed by atoms with Crippen molar-refractivity contribution >= 4 is 11.6 Å². The van der Waals surface area contributed by atoms with Gasteiger partial charge in [-0.3, -0.25) is 0 Å². The molecular weight excluding hydrogens is 132 g/mol. The summed E-state index contributed by atoms with van der Waals surface area (Å²) in [6, 6.07) is 0. The van der Waals surface area contributed by atoms with Crippen LogP contribution >= 0.6 is 11.6 Å². The Balaban J connectivity index is 3.15. The Morgan fingerprint density at radius 1 is 1.33 bits per heavy atom. The summed E-state index contributed by atoms with van der Waals surface area (Å²) in [5.41, 5.74) is 0.